The molecule has 1 unspecified atom stereocenters. The highest BCUT2D eigenvalue weighted by Crippen LogP contribution is 2.23. The van der Waals surface area contributed by atoms with Crippen LogP contribution in [0, 0.1) is 0 Å². The van der Waals surface area contributed by atoms with Crippen LogP contribution in [0.3, 0.4) is 0 Å². The minimum absolute atomic E-state index is 0.124. The van der Waals surface area contributed by atoms with Crippen LogP contribution in [0.5, 0.6) is 0 Å². The minimum atomic E-state index is -0.147. The first-order chi connectivity index (χ1) is 9.58. The molecular formula is C15H17ClN2OS. The van der Waals surface area contributed by atoms with Crippen LogP contribution < -0.4 is 0 Å². The third-order valence-corrected chi connectivity index (χ3v) is 4.60. The Morgan fingerprint density at radius 3 is 2.65 bits per heavy atom. The second kappa shape index (κ2) is 6.97. The van der Waals surface area contributed by atoms with E-state index in [-0.39, 0.29) is 11.8 Å². The zero-order chi connectivity index (χ0) is 14.5. The van der Waals surface area contributed by atoms with Crippen molar-refractivity contribution in [2.75, 3.05) is 13.6 Å². The average Bonchev–Trinajstić information content (AvgIpc) is 2.91. The van der Waals surface area contributed by atoms with Crippen molar-refractivity contribution in [3.63, 3.8) is 0 Å². The number of hydrogen-bond acceptors (Lipinski definition) is 4. The molecule has 0 aliphatic heterocycles. The van der Waals surface area contributed by atoms with E-state index in [1.54, 1.807) is 24.5 Å². The van der Waals surface area contributed by atoms with Crippen LogP contribution in [0.1, 0.15) is 22.2 Å². The van der Waals surface area contributed by atoms with Crippen molar-refractivity contribution in [2.24, 2.45) is 0 Å². The molecule has 20 heavy (non-hydrogen) atoms. The van der Waals surface area contributed by atoms with Gasteiger partial charge in [0.25, 0.3) is 0 Å². The molecule has 0 radical (unpaired) electrons. The van der Waals surface area contributed by atoms with Crippen LogP contribution in [0.25, 0.3) is 0 Å². The number of nitrogens with zero attached hydrogens (tertiary/aromatic N) is 2. The van der Waals surface area contributed by atoms with E-state index >= 15 is 0 Å². The molecule has 0 saturated carbocycles. The summed E-state index contributed by atoms with van der Waals surface area (Å²) in [5.41, 5.74) is 1.23. The van der Waals surface area contributed by atoms with Gasteiger partial charge in [-0.15, -0.1) is 11.3 Å². The highest BCUT2D eigenvalue weighted by molar-refractivity contribution is 7.18. The largest absolute Gasteiger partial charge is 0.296 e. The fourth-order valence-corrected chi connectivity index (χ4v) is 2.97. The average molecular weight is 309 g/mol. The first-order valence-corrected chi connectivity index (χ1v) is 7.66. The van der Waals surface area contributed by atoms with Crippen LogP contribution in [0.15, 0.2) is 36.7 Å². The van der Waals surface area contributed by atoms with E-state index in [2.05, 4.69) is 9.88 Å². The van der Waals surface area contributed by atoms with Gasteiger partial charge in [-0.05, 0) is 50.2 Å². The Labute approximate surface area is 128 Å². The van der Waals surface area contributed by atoms with Crippen LogP contribution in [-0.2, 0) is 6.42 Å². The van der Waals surface area contributed by atoms with E-state index in [4.69, 9.17) is 11.6 Å². The number of ketones is 1. The summed E-state index contributed by atoms with van der Waals surface area (Å²) in [6.07, 6.45) is 4.48. The summed E-state index contributed by atoms with van der Waals surface area (Å²) in [5, 5.41) is 0. The standard InChI is InChI=1S/C15H17ClN2OS/c1-11(15(19)13-3-4-14(16)20-13)18(2)10-7-12-5-8-17-9-6-12/h3-6,8-9,11H,7,10H2,1-2H3. The minimum Gasteiger partial charge on any atom is -0.296 e. The highest BCUT2D eigenvalue weighted by Gasteiger charge is 2.20. The van der Waals surface area contributed by atoms with Gasteiger partial charge < -0.3 is 0 Å². The fourth-order valence-electron chi connectivity index (χ4n) is 1.90. The molecule has 1 atom stereocenters. The summed E-state index contributed by atoms with van der Waals surface area (Å²) in [7, 11) is 1.97. The summed E-state index contributed by atoms with van der Waals surface area (Å²) in [5.74, 6) is 0.124. The number of thiophene rings is 1. The van der Waals surface area contributed by atoms with Crippen molar-refractivity contribution in [3.8, 4) is 0 Å². The molecule has 3 nitrogen and oxygen atoms in total. The number of likely N-dealkylation sites (N-methyl/N-ethyl adjacent to an activating group) is 1. The normalized spacial score (nSPS) is 12.6. The Balaban J connectivity index is 1.91. The molecule has 5 heteroatoms. The van der Waals surface area contributed by atoms with Gasteiger partial charge in [0.2, 0.25) is 0 Å². The topological polar surface area (TPSA) is 33.2 Å². The van der Waals surface area contributed by atoms with E-state index in [1.807, 2.05) is 26.1 Å². The molecule has 0 amide bonds. The lowest BCUT2D eigenvalue weighted by Crippen LogP contribution is -2.37. The van der Waals surface area contributed by atoms with Crippen LogP contribution in [0.4, 0.5) is 0 Å². The Kier molecular flexibility index (Phi) is 5.29. The lowest BCUT2D eigenvalue weighted by molar-refractivity contribution is 0.0874. The maximum absolute atomic E-state index is 12.3. The quantitative estimate of drug-likeness (QED) is 0.765. The summed E-state index contributed by atoms with van der Waals surface area (Å²) >= 11 is 7.21. The second-order valence-electron chi connectivity index (χ2n) is 4.73. The molecule has 0 aromatic carbocycles. The summed E-state index contributed by atoms with van der Waals surface area (Å²) in [4.78, 5) is 19.1. The predicted octanol–water partition coefficient (Wildman–Crippen LogP) is 3.54. The number of rotatable bonds is 6. The Morgan fingerprint density at radius 1 is 1.35 bits per heavy atom. The van der Waals surface area contributed by atoms with Crippen molar-refractivity contribution in [2.45, 2.75) is 19.4 Å². The van der Waals surface area contributed by atoms with E-state index in [0.717, 1.165) is 17.8 Å². The maximum atomic E-state index is 12.3. The first-order valence-electron chi connectivity index (χ1n) is 6.46. The van der Waals surface area contributed by atoms with Gasteiger partial charge >= 0.3 is 0 Å². The lowest BCUT2D eigenvalue weighted by Gasteiger charge is -2.23. The molecule has 0 bridgehead atoms. The number of aromatic nitrogens is 1. The molecule has 2 heterocycles. The van der Waals surface area contributed by atoms with E-state index < -0.39 is 0 Å². The Bertz CT molecular complexity index is 570. The molecule has 2 aromatic heterocycles. The van der Waals surface area contributed by atoms with Gasteiger partial charge in [0.05, 0.1) is 15.3 Å². The van der Waals surface area contributed by atoms with E-state index in [9.17, 15) is 4.79 Å². The van der Waals surface area contributed by atoms with Gasteiger partial charge in [-0.1, -0.05) is 11.6 Å². The molecular weight excluding hydrogens is 292 g/mol. The third kappa shape index (κ3) is 3.88. The SMILES string of the molecule is CC(C(=O)c1ccc(Cl)s1)N(C)CCc1ccncc1. The summed E-state index contributed by atoms with van der Waals surface area (Å²) in [6.45, 7) is 2.76. The Hall–Kier alpha value is -1.23. The van der Waals surface area contributed by atoms with E-state index in [1.165, 1.54) is 16.9 Å². The maximum Gasteiger partial charge on any atom is 0.189 e. The summed E-state index contributed by atoms with van der Waals surface area (Å²) in [6, 6.07) is 7.41. The van der Waals surface area contributed by atoms with Gasteiger partial charge in [0, 0.05) is 18.9 Å². The molecule has 0 aliphatic carbocycles. The van der Waals surface area contributed by atoms with Crippen LogP contribution >= 0.6 is 22.9 Å². The smallest absolute Gasteiger partial charge is 0.189 e. The van der Waals surface area contributed by atoms with Gasteiger partial charge in [0.1, 0.15) is 0 Å². The van der Waals surface area contributed by atoms with E-state index in [0.29, 0.717) is 4.34 Å². The zero-order valence-corrected chi connectivity index (χ0v) is 13.1. The van der Waals surface area contributed by atoms with Crippen molar-refractivity contribution >= 4 is 28.7 Å². The Morgan fingerprint density at radius 2 is 2.05 bits per heavy atom. The van der Waals surface area contributed by atoms with Crippen LogP contribution in [0.2, 0.25) is 4.34 Å². The van der Waals surface area contributed by atoms with Crippen molar-refractivity contribution in [1.29, 1.82) is 0 Å². The molecule has 2 aromatic rings. The molecule has 0 aliphatic rings. The van der Waals surface area contributed by atoms with Crippen LogP contribution in [-0.4, -0.2) is 35.3 Å². The lowest BCUT2D eigenvalue weighted by atomic mass is 10.1. The number of halogens is 1. The number of carbonyl (C=O) groups is 1. The zero-order valence-electron chi connectivity index (χ0n) is 11.5. The van der Waals surface area contributed by atoms with Crippen molar-refractivity contribution in [3.05, 3.63) is 51.4 Å². The molecule has 0 spiro atoms. The predicted molar refractivity (Wildman–Crippen MR) is 83.7 cm³/mol. The summed E-state index contributed by atoms with van der Waals surface area (Å²) < 4.78 is 0.653. The number of hydrogen-bond donors (Lipinski definition) is 0. The monoisotopic (exact) mass is 308 g/mol. The highest BCUT2D eigenvalue weighted by atomic mass is 35.5. The number of pyridine rings is 1. The second-order valence-corrected chi connectivity index (χ2v) is 6.45. The van der Waals surface area contributed by atoms with Gasteiger partial charge in [-0.2, -0.15) is 0 Å². The molecule has 2 rings (SSSR count). The van der Waals surface area contributed by atoms with Gasteiger partial charge in [-0.25, -0.2) is 0 Å². The number of Topliss-reactive ketones (excluding diaryl/α,β-unsaturated/α-hetero) is 1. The fraction of sp³-hybridized carbons (Fsp3) is 0.333. The molecule has 106 valence electrons. The third-order valence-electron chi connectivity index (χ3n) is 3.36. The first kappa shape index (κ1) is 15.2. The van der Waals surface area contributed by atoms with Crippen molar-refractivity contribution in [1.82, 2.24) is 9.88 Å². The van der Waals surface area contributed by atoms with Crippen molar-refractivity contribution < 1.29 is 4.79 Å². The van der Waals surface area contributed by atoms with Gasteiger partial charge in [-0.3, -0.25) is 14.7 Å². The number of carbonyl (C=O) groups excluding carboxylic acids is 1. The molecule has 0 N–H and O–H groups in total. The molecule has 0 fully saturated rings. The molecule has 0 saturated heterocycles. The van der Waals surface area contributed by atoms with Gasteiger partial charge in [0.15, 0.2) is 5.78 Å².